The highest BCUT2D eigenvalue weighted by atomic mass is 15.1. The molecule has 0 unspecified atom stereocenters. The van der Waals surface area contributed by atoms with Crippen LogP contribution in [0.15, 0.2) is 243 Å². The Balaban J connectivity index is 0.711. The first-order valence-electron chi connectivity index (χ1n) is 26.5. The van der Waals surface area contributed by atoms with E-state index in [0.29, 0.717) is 0 Å². The van der Waals surface area contributed by atoms with E-state index in [1.54, 1.807) is 0 Å². The van der Waals surface area contributed by atoms with E-state index in [1.807, 2.05) is 36.7 Å². The van der Waals surface area contributed by atoms with Gasteiger partial charge in [0.25, 0.3) is 0 Å². The SMILES string of the molecule is CC1(C)c2cc(C=Cc3ccc(-c4ccc5c(c4)c4ccccc4n5-c4ccccn4)c4ccccc34)ccc2-c2ccc(C=Cc3ccc(-c4ccc5c(c4)c4ccccc4n5-c4ccccn4)c4ccccc34)cc21. The molecule has 1 aliphatic rings. The Morgan fingerprint density at radius 3 is 1.14 bits per heavy atom. The Morgan fingerprint density at radius 2 is 0.701 bits per heavy atom. The van der Waals surface area contributed by atoms with Crippen LogP contribution in [0.2, 0.25) is 0 Å². The Bertz CT molecular complexity index is 4460. The Kier molecular flexibility index (Phi) is 10.2. The van der Waals surface area contributed by atoms with E-state index < -0.39 is 0 Å². The molecule has 362 valence electrons. The average molecular weight is 983 g/mol. The number of pyridine rings is 2. The quantitative estimate of drug-likeness (QED) is 0.142. The van der Waals surface area contributed by atoms with Crippen LogP contribution in [0.1, 0.15) is 47.2 Å². The van der Waals surface area contributed by atoms with Crippen molar-refractivity contribution in [1.82, 2.24) is 19.1 Å². The number of para-hydroxylation sites is 2. The topological polar surface area (TPSA) is 35.6 Å². The number of benzene rings is 10. The maximum atomic E-state index is 4.73. The molecule has 0 N–H and O–H groups in total. The molecule has 15 rings (SSSR count). The second-order valence-corrected chi connectivity index (χ2v) is 20.9. The Hall–Kier alpha value is -9.90. The van der Waals surface area contributed by atoms with E-state index in [4.69, 9.17) is 9.97 Å². The molecule has 10 aromatic carbocycles. The van der Waals surface area contributed by atoms with Crippen molar-refractivity contribution in [3.05, 3.63) is 276 Å². The second-order valence-electron chi connectivity index (χ2n) is 20.9. The molecule has 4 aromatic heterocycles. The van der Waals surface area contributed by atoms with Crippen LogP contribution in [-0.4, -0.2) is 19.1 Å². The second kappa shape index (κ2) is 17.6. The van der Waals surface area contributed by atoms with E-state index in [1.165, 1.54) is 110 Å². The summed E-state index contributed by atoms with van der Waals surface area (Å²) in [5.74, 6) is 1.84. The molecular formula is C73H50N4. The average Bonchev–Trinajstić information content (AvgIpc) is 4.11. The van der Waals surface area contributed by atoms with Crippen LogP contribution in [0.25, 0.3) is 134 Å². The van der Waals surface area contributed by atoms with Gasteiger partial charge in [-0.2, -0.15) is 0 Å². The summed E-state index contributed by atoms with van der Waals surface area (Å²) in [6.45, 7) is 4.75. The van der Waals surface area contributed by atoms with E-state index in [0.717, 1.165) is 33.7 Å². The predicted molar refractivity (Wildman–Crippen MR) is 325 cm³/mol. The molecule has 0 radical (unpaired) electrons. The summed E-state index contributed by atoms with van der Waals surface area (Å²) in [5.41, 5.74) is 19.4. The molecule has 1 aliphatic carbocycles. The molecule has 77 heavy (non-hydrogen) atoms. The van der Waals surface area contributed by atoms with Crippen molar-refractivity contribution in [2.45, 2.75) is 19.3 Å². The smallest absolute Gasteiger partial charge is 0.137 e. The minimum absolute atomic E-state index is 0.170. The van der Waals surface area contributed by atoms with Crippen molar-refractivity contribution >= 4 is 89.5 Å². The van der Waals surface area contributed by atoms with Crippen LogP contribution in [0.3, 0.4) is 0 Å². The van der Waals surface area contributed by atoms with Gasteiger partial charge in [-0.05, 0) is 149 Å². The summed E-state index contributed by atoms with van der Waals surface area (Å²) in [4.78, 5) is 9.45. The van der Waals surface area contributed by atoms with Crippen LogP contribution < -0.4 is 0 Å². The van der Waals surface area contributed by atoms with Gasteiger partial charge < -0.3 is 0 Å². The summed E-state index contributed by atoms with van der Waals surface area (Å²) in [5, 5.41) is 9.81. The highest BCUT2D eigenvalue weighted by Gasteiger charge is 2.35. The van der Waals surface area contributed by atoms with Crippen LogP contribution in [0, 0.1) is 0 Å². The normalized spacial score (nSPS) is 13.1. The number of nitrogens with zero attached hydrogens (tertiary/aromatic N) is 4. The summed E-state index contributed by atoms with van der Waals surface area (Å²) in [6.07, 6.45) is 12.9. The molecule has 14 aromatic rings. The van der Waals surface area contributed by atoms with E-state index in [2.05, 4.69) is 254 Å². The fourth-order valence-electron chi connectivity index (χ4n) is 12.5. The van der Waals surface area contributed by atoms with E-state index in [-0.39, 0.29) is 5.41 Å². The third-order valence-electron chi connectivity index (χ3n) is 16.3. The molecule has 0 fully saturated rings. The zero-order valence-corrected chi connectivity index (χ0v) is 42.7. The third kappa shape index (κ3) is 7.21. The number of hydrogen-bond donors (Lipinski definition) is 0. The van der Waals surface area contributed by atoms with E-state index in [9.17, 15) is 0 Å². The van der Waals surface area contributed by atoms with Gasteiger partial charge in [0.15, 0.2) is 0 Å². The molecule has 0 aliphatic heterocycles. The highest BCUT2D eigenvalue weighted by molar-refractivity contribution is 6.13. The molecule has 4 heteroatoms. The number of rotatable bonds is 8. The summed E-state index contributed by atoms with van der Waals surface area (Å²) in [6, 6.07) is 83.9. The molecule has 0 saturated heterocycles. The summed E-state index contributed by atoms with van der Waals surface area (Å²) < 4.78 is 4.54. The lowest BCUT2D eigenvalue weighted by Crippen LogP contribution is -2.15. The van der Waals surface area contributed by atoms with Gasteiger partial charge >= 0.3 is 0 Å². The third-order valence-corrected chi connectivity index (χ3v) is 16.3. The van der Waals surface area contributed by atoms with Gasteiger partial charge in [-0.3, -0.25) is 9.13 Å². The van der Waals surface area contributed by atoms with Gasteiger partial charge in [0.1, 0.15) is 11.6 Å². The maximum Gasteiger partial charge on any atom is 0.137 e. The van der Waals surface area contributed by atoms with Crippen molar-refractivity contribution in [1.29, 1.82) is 0 Å². The molecule has 0 spiro atoms. The van der Waals surface area contributed by atoms with Gasteiger partial charge in [-0.1, -0.05) is 208 Å². The largest absolute Gasteiger partial charge is 0.294 e. The predicted octanol–water partition coefficient (Wildman–Crippen LogP) is 19.0. The molecule has 0 atom stereocenters. The van der Waals surface area contributed by atoms with Crippen LogP contribution in [0.5, 0.6) is 0 Å². The molecule has 0 amide bonds. The van der Waals surface area contributed by atoms with Crippen molar-refractivity contribution in [2.75, 3.05) is 0 Å². The fourth-order valence-corrected chi connectivity index (χ4v) is 12.5. The Morgan fingerprint density at radius 1 is 0.312 bits per heavy atom. The minimum Gasteiger partial charge on any atom is -0.294 e. The zero-order valence-electron chi connectivity index (χ0n) is 42.7. The van der Waals surface area contributed by atoms with Crippen LogP contribution in [-0.2, 0) is 5.41 Å². The van der Waals surface area contributed by atoms with Crippen molar-refractivity contribution in [3.63, 3.8) is 0 Å². The summed E-state index contributed by atoms with van der Waals surface area (Å²) in [7, 11) is 0. The van der Waals surface area contributed by atoms with Gasteiger partial charge in [-0.25, -0.2) is 9.97 Å². The first-order chi connectivity index (χ1) is 37.9. The molecule has 4 nitrogen and oxygen atoms in total. The number of fused-ring (bicyclic) bond motifs is 11. The van der Waals surface area contributed by atoms with Crippen molar-refractivity contribution in [3.8, 4) is 45.0 Å². The highest BCUT2D eigenvalue weighted by Crippen LogP contribution is 2.50. The van der Waals surface area contributed by atoms with Gasteiger partial charge in [0.2, 0.25) is 0 Å². The minimum atomic E-state index is -0.170. The lowest BCUT2D eigenvalue weighted by Gasteiger charge is -2.22. The van der Waals surface area contributed by atoms with Gasteiger partial charge in [0.05, 0.1) is 22.1 Å². The summed E-state index contributed by atoms with van der Waals surface area (Å²) >= 11 is 0. The molecule has 4 heterocycles. The maximum absolute atomic E-state index is 4.73. The fraction of sp³-hybridized carbons (Fsp3) is 0.0411. The number of hydrogen-bond acceptors (Lipinski definition) is 2. The lowest BCUT2D eigenvalue weighted by molar-refractivity contribution is 0.660. The van der Waals surface area contributed by atoms with Gasteiger partial charge in [-0.15, -0.1) is 0 Å². The molecule has 0 saturated carbocycles. The van der Waals surface area contributed by atoms with E-state index >= 15 is 0 Å². The number of aromatic nitrogens is 4. The van der Waals surface area contributed by atoms with Crippen molar-refractivity contribution in [2.24, 2.45) is 0 Å². The molecular weight excluding hydrogens is 933 g/mol. The first kappa shape index (κ1) is 44.6. The lowest BCUT2D eigenvalue weighted by atomic mass is 9.81. The van der Waals surface area contributed by atoms with Crippen molar-refractivity contribution < 1.29 is 0 Å². The van der Waals surface area contributed by atoms with Gasteiger partial charge in [0, 0.05) is 39.4 Å². The zero-order chi connectivity index (χ0) is 51.2. The standard InChI is InChI=1S/C73H50N4/c1-73(2)65-43-47(25-29-49-31-37-55(57-17-5-3-15-53(49)57)51-33-39-69-63(45-51)61-19-7-9-21-67(61)76(69)71-23-11-13-41-74-71)27-35-59(65)60-36-28-48(44-66(60)73)26-30-50-32-38-56(58-18-6-4-16-54(50)58)52-34-40-70-64(46-52)62-20-8-10-22-68(62)77(70)72-24-12-14-42-75-72/h3-46H,1-2H3. The van der Waals surface area contributed by atoms with Crippen LogP contribution >= 0.6 is 0 Å². The van der Waals surface area contributed by atoms with Crippen LogP contribution in [0.4, 0.5) is 0 Å². The first-order valence-corrected chi connectivity index (χ1v) is 26.5. The monoisotopic (exact) mass is 982 g/mol. The molecule has 0 bridgehead atoms. The Labute approximate surface area is 446 Å².